The number of hydrogen-bond donors (Lipinski definition) is 0. The molecule has 0 spiro atoms. The smallest absolute Gasteiger partial charge is 0.377 e. The zero-order chi connectivity index (χ0) is 11.9. The second kappa shape index (κ2) is 7.11. The summed E-state index contributed by atoms with van der Waals surface area (Å²) in [7, 11) is 2.13. The molecule has 0 N–H and O–H groups in total. The largest absolute Gasteiger partial charge is 0.500 e. The van der Waals surface area contributed by atoms with Crippen LogP contribution in [-0.2, 0) is 18.1 Å². The quantitative estimate of drug-likeness (QED) is 0.601. The van der Waals surface area contributed by atoms with Gasteiger partial charge in [0.15, 0.2) is 0 Å². The minimum absolute atomic E-state index is 0.244. The topological polar surface area (TPSA) is 44.8 Å². The molecule has 5 heteroatoms. The third-order valence-electron chi connectivity index (χ3n) is 2.28. The number of carbonyl (C=O) groups is 1. The van der Waals surface area contributed by atoms with E-state index in [1.807, 2.05) is 13.8 Å². The van der Waals surface area contributed by atoms with Crippen molar-refractivity contribution in [2.75, 3.05) is 21.3 Å². The van der Waals surface area contributed by atoms with Crippen LogP contribution in [-0.4, -0.2) is 35.9 Å². The number of ketones is 1. The number of hydrogen-bond acceptors (Lipinski definition) is 4. The first-order valence-corrected chi connectivity index (χ1v) is 7.10. The Morgan fingerprint density at radius 3 is 1.93 bits per heavy atom. The Hall–Kier alpha value is -0.233. The summed E-state index contributed by atoms with van der Waals surface area (Å²) < 4.78 is 15.7. The monoisotopic (exact) mass is 234 g/mol. The first-order chi connectivity index (χ1) is 6.99. The van der Waals surface area contributed by atoms with Crippen molar-refractivity contribution in [2.24, 2.45) is 5.92 Å². The van der Waals surface area contributed by atoms with Gasteiger partial charge in [-0.15, -0.1) is 0 Å². The number of carbonyl (C=O) groups excluding carboxylic acids is 1. The van der Waals surface area contributed by atoms with Gasteiger partial charge < -0.3 is 13.3 Å². The third-order valence-corrected chi connectivity index (χ3v) is 5.01. The summed E-state index contributed by atoms with van der Waals surface area (Å²) in [6.07, 6.45) is 1.08. The Morgan fingerprint density at radius 2 is 1.60 bits per heavy atom. The second-order valence-corrected chi connectivity index (χ2v) is 7.02. The molecule has 0 aliphatic carbocycles. The molecule has 0 aromatic heterocycles. The average Bonchev–Trinajstić information content (AvgIpc) is 2.20. The van der Waals surface area contributed by atoms with E-state index in [1.165, 1.54) is 0 Å². The summed E-state index contributed by atoms with van der Waals surface area (Å²) in [6, 6.07) is 0.558. The maximum Gasteiger partial charge on any atom is 0.500 e. The van der Waals surface area contributed by atoms with Gasteiger partial charge in [0, 0.05) is 40.2 Å². The first-order valence-electron chi connectivity index (χ1n) is 5.16. The maximum atomic E-state index is 11.5. The van der Waals surface area contributed by atoms with Crippen molar-refractivity contribution < 1.29 is 18.1 Å². The Labute approximate surface area is 93.3 Å². The molecule has 0 unspecified atom stereocenters. The van der Waals surface area contributed by atoms with Gasteiger partial charge in [0.1, 0.15) is 5.78 Å². The highest BCUT2D eigenvalue weighted by molar-refractivity contribution is 6.60. The molecule has 0 aromatic carbocycles. The molecule has 0 heterocycles. The first kappa shape index (κ1) is 14.8. The van der Waals surface area contributed by atoms with E-state index in [9.17, 15) is 4.79 Å². The molecule has 0 saturated carbocycles. The SMILES string of the molecule is CO[Si](CCC(=O)CC(C)C)(OC)OC. The van der Waals surface area contributed by atoms with Crippen LogP contribution in [0.4, 0.5) is 0 Å². The number of Topliss-reactive ketones (excluding diaryl/α,β-unsaturated/α-hetero) is 1. The van der Waals surface area contributed by atoms with Crippen molar-refractivity contribution in [3.63, 3.8) is 0 Å². The summed E-state index contributed by atoms with van der Waals surface area (Å²) in [5.41, 5.74) is 0. The van der Waals surface area contributed by atoms with Gasteiger partial charge in [-0.3, -0.25) is 4.79 Å². The lowest BCUT2D eigenvalue weighted by atomic mass is 10.1. The molecule has 0 radical (unpaired) electrons. The van der Waals surface area contributed by atoms with E-state index < -0.39 is 8.80 Å². The van der Waals surface area contributed by atoms with Crippen LogP contribution in [0.3, 0.4) is 0 Å². The minimum Gasteiger partial charge on any atom is -0.377 e. The maximum absolute atomic E-state index is 11.5. The predicted molar refractivity (Wildman–Crippen MR) is 60.7 cm³/mol. The van der Waals surface area contributed by atoms with E-state index in [-0.39, 0.29) is 5.78 Å². The van der Waals surface area contributed by atoms with Gasteiger partial charge in [-0.05, 0) is 5.92 Å². The highest BCUT2D eigenvalue weighted by Gasteiger charge is 2.37. The normalized spacial score (nSPS) is 12.1. The molecule has 0 rings (SSSR count). The fourth-order valence-corrected chi connectivity index (χ4v) is 3.10. The molecule has 4 nitrogen and oxygen atoms in total. The summed E-state index contributed by atoms with van der Waals surface area (Å²) in [5, 5.41) is 0. The third kappa shape index (κ3) is 5.41. The lowest BCUT2D eigenvalue weighted by molar-refractivity contribution is -0.119. The molecule has 15 heavy (non-hydrogen) atoms. The van der Waals surface area contributed by atoms with E-state index in [0.717, 1.165) is 0 Å². The molecule has 0 aliphatic heterocycles. The Morgan fingerprint density at radius 1 is 1.13 bits per heavy atom. The van der Waals surface area contributed by atoms with Crippen molar-refractivity contribution in [1.82, 2.24) is 0 Å². The summed E-state index contributed by atoms with van der Waals surface area (Å²) >= 11 is 0. The molecule has 0 amide bonds. The van der Waals surface area contributed by atoms with Gasteiger partial charge in [0.25, 0.3) is 0 Å². The molecule has 0 aromatic rings. The molecule has 0 fully saturated rings. The van der Waals surface area contributed by atoms with Crippen LogP contribution < -0.4 is 0 Å². The Kier molecular flexibility index (Phi) is 7.00. The summed E-state index contributed by atoms with van der Waals surface area (Å²) in [4.78, 5) is 11.5. The highest BCUT2D eigenvalue weighted by Crippen LogP contribution is 2.16. The van der Waals surface area contributed by atoms with Gasteiger partial charge in [0.2, 0.25) is 0 Å². The average molecular weight is 234 g/mol. The van der Waals surface area contributed by atoms with Crippen molar-refractivity contribution in [3.05, 3.63) is 0 Å². The van der Waals surface area contributed by atoms with Gasteiger partial charge >= 0.3 is 8.80 Å². The van der Waals surface area contributed by atoms with E-state index in [0.29, 0.717) is 24.8 Å². The lowest BCUT2D eigenvalue weighted by Gasteiger charge is -2.23. The Balaban J connectivity index is 4.05. The molecule has 0 bridgehead atoms. The fraction of sp³-hybridized carbons (Fsp3) is 0.900. The zero-order valence-electron chi connectivity index (χ0n) is 10.3. The highest BCUT2D eigenvalue weighted by atomic mass is 28.4. The fourth-order valence-electron chi connectivity index (χ4n) is 1.41. The predicted octanol–water partition coefficient (Wildman–Crippen LogP) is 1.87. The van der Waals surface area contributed by atoms with Crippen molar-refractivity contribution in [2.45, 2.75) is 32.7 Å². The van der Waals surface area contributed by atoms with Crippen molar-refractivity contribution in [1.29, 1.82) is 0 Å². The zero-order valence-corrected chi connectivity index (χ0v) is 11.3. The molecular formula is C10H22O4Si. The second-order valence-electron chi connectivity index (χ2n) is 3.93. The van der Waals surface area contributed by atoms with E-state index in [4.69, 9.17) is 13.3 Å². The molecule has 0 aliphatic rings. The molecular weight excluding hydrogens is 212 g/mol. The van der Waals surface area contributed by atoms with Crippen LogP contribution in [0, 0.1) is 5.92 Å². The molecule has 0 saturated heterocycles. The van der Waals surface area contributed by atoms with Crippen LogP contribution in [0.5, 0.6) is 0 Å². The van der Waals surface area contributed by atoms with Crippen LogP contribution in [0.2, 0.25) is 6.04 Å². The minimum atomic E-state index is -2.55. The molecule has 0 atom stereocenters. The van der Waals surface area contributed by atoms with Crippen molar-refractivity contribution >= 4 is 14.6 Å². The standard InChI is InChI=1S/C10H22O4Si/c1-9(2)8-10(11)6-7-15(12-3,13-4)14-5/h9H,6-8H2,1-5H3. The van der Waals surface area contributed by atoms with Crippen LogP contribution in [0.1, 0.15) is 26.7 Å². The van der Waals surface area contributed by atoms with Crippen LogP contribution in [0.25, 0.3) is 0 Å². The lowest BCUT2D eigenvalue weighted by Crippen LogP contribution is -2.43. The van der Waals surface area contributed by atoms with Gasteiger partial charge in [-0.1, -0.05) is 13.8 Å². The van der Waals surface area contributed by atoms with Crippen molar-refractivity contribution in [3.8, 4) is 0 Å². The molecule has 90 valence electrons. The summed E-state index contributed by atoms with van der Waals surface area (Å²) in [6.45, 7) is 4.07. The van der Waals surface area contributed by atoms with Gasteiger partial charge in [-0.2, -0.15) is 0 Å². The van der Waals surface area contributed by atoms with E-state index in [1.54, 1.807) is 21.3 Å². The van der Waals surface area contributed by atoms with Gasteiger partial charge in [-0.25, -0.2) is 0 Å². The summed E-state index contributed by atoms with van der Waals surface area (Å²) in [5.74, 6) is 0.647. The van der Waals surface area contributed by atoms with E-state index >= 15 is 0 Å². The van der Waals surface area contributed by atoms with Crippen LogP contribution >= 0.6 is 0 Å². The van der Waals surface area contributed by atoms with Crippen LogP contribution in [0.15, 0.2) is 0 Å². The van der Waals surface area contributed by atoms with E-state index in [2.05, 4.69) is 0 Å². The number of rotatable bonds is 8. The Bertz CT molecular complexity index is 182. The van der Waals surface area contributed by atoms with Gasteiger partial charge in [0.05, 0.1) is 0 Å².